The Morgan fingerprint density at radius 2 is 1.56 bits per heavy atom. The highest BCUT2D eigenvalue weighted by atomic mass is 32.1. The van der Waals surface area contributed by atoms with Gasteiger partial charge in [0.1, 0.15) is 4.99 Å². The van der Waals surface area contributed by atoms with Crippen LogP contribution in [0.15, 0.2) is 66.7 Å². The van der Waals surface area contributed by atoms with Gasteiger partial charge in [0.05, 0.1) is 0 Å². The molecule has 0 aliphatic heterocycles. The van der Waals surface area contributed by atoms with E-state index in [0.29, 0.717) is 10.6 Å². The van der Waals surface area contributed by atoms with E-state index in [4.69, 9.17) is 18.0 Å². The molecule has 0 saturated carbocycles. The maximum atomic E-state index is 12.4. The smallest absolute Gasteiger partial charge is 0.255 e. The molecule has 0 fully saturated rings. The molecule has 25 heavy (non-hydrogen) atoms. The predicted molar refractivity (Wildman–Crippen MR) is 105 cm³/mol. The molecule has 0 atom stereocenters. The Bertz CT molecular complexity index is 993. The fourth-order valence-electron chi connectivity index (χ4n) is 3.21. The summed E-state index contributed by atoms with van der Waals surface area (Å²) in [7, 11) is 0. The van der Waals surface area contributed by atoms with Crippen LogP contribution in [0.4, 0.5) is 5.69 Å². The molecule has 122 valence electrons. The van der Waals surface area contributed by atoms with Crippen LogP contribution >= 0.6 is 12.2 Å². The summed E-state index contributed by atoms with van der Waals surface area (Å²) < 4.78 is 0. The summed E-state index contributed by atoms with van der Waals surface area (Å²) in [5.74, 6) is -0.148. The Labute approximate surface area is 151 Å². The van der Waals surface area contributed by atoms with E-state index in [9.17, 15) is 4.79 Å². The van der Waals surface area contributed by atoms with Gasteiger partial charge in [-0.1, -0.05) is 54.7 Å². The lowest BCUT2D eigenvalue weighted by Crippen LogP contribution is -2.13. The van der Waals surface area contributed by atoms with E-state index in [1.165, 1.54) is 22.3 Å². The number of hydrogen-bond acceptors (Lipinski definition) is 2. The summed E-state index contributed by atoms with van der Waals surface area (Å²) in [6, 6.07) is 21.5. The van der Waals surface area contributed by atoms with Gasteiger partial charge in [0.15, 0.2) is 0 Å². The van der Waals surface area contributed by atoms with Crippen molar-refractivity contribution in [2.45, 2.75) is 6.42 Å². The molecule has 4 rings (SSSR count). The third-order valence-corrected chi connectivity index (χ3v) is 4.72. The van der Waals surface area contributed by atoms with Gasteiger partial charge in [-0.15, -0.1) is 0 Å². The number of fused-ring (bicyclic) bond motifs is 3. The molecule has 1 aliphatic rings. The molecule has 3 N–H and O–H groups in total. The van der Waals surface area contributed by atoms with Gasteiger partial charge in [-0.05, 0) is 52.9 Å². The van der Waals surface area contributed by atoms with Crippen molar-refractivity contribution in [3.05, 3.63) is 89.0 Å². The number of carbonyl (C=O) groups excluding carboxylic acids is 1. The minimum absolute atomic E-state index is 0.148. The van der Waals surface area contributed by atoms with Crippen molar-refractivity contribution >= 4 is 28.8 Å². The lowest BCUT2D eigenvalue weighted by molar-refractivity contribution is 0.102. The Balaban J connectivity index is 1.55. The van der Waals surface area contributed by atoms with Gasteiger partial charge in [0.2, 0.25) is 0 Å². The topological polar surface area (TPSA) is 55.1 Å². The highest BCUT2D eigenvalue weighted by Gasteiger charge is 2.18. The number of carbonyl (C=O) groups is 1. The standard InChI is InChI=1S/C21H16N2OS/c22-20(25)13-5-7-14(8-6-13)21(24)23-17-9-10-19-16(12-17)11-15-3-1-2-4-18(15)19/h1-10,12H,11H2,(H2,22,25)(H,23,24). The number of rotatable bonds is 3. The van der Waals surface area contributed by atoms with E-state index >= 15 is 0 Å². The third-order valence-electron chi connectivity index (χ3n) is 4.48. The summed E-state index contributed by atoms with van der Waals surface area (Å²) in [4.78, 5) is 12.8. The number of benzene rings is 3. The van der Waals surface area contributed by atoms with Crippen LogP contribution in [0.5, 0.6) is 0 Å². The number of anilines is 1. The minimum Gasteiger partial charge on any atom is -0.389 e. The summed E-state index contributed by atoms with van der Waals surface area (Å²) >= 11 is 4.93. The summed E-state index contributed by atoms with van der Waals surface area (Å²) in [5, 5.41) is 2.96. The van der Waals surface area contributed by atoms with Crippen molar-refractivity contribution in [2.75, 3.05) is 5.32 Å². The van der Waals surface area contributed by atoms with Crippen molar-refractivity contribution in [1.82, 2.24) is 0 Å². The van der Waals surface area contributed by atoms with Crippen molar-refractivity contribution in [2.24, 2.45) is 5.73 Å². The molecule has 3 nitrogen and oxygen atoms in total. The second kappa shape index (κ2) is 6.15. The maximum absolute atomic E-state index is 12.4. The first-order valence-electron chi connectivity index (χ1n) is 8.04. The number of hydrogen-bond donors (Lipinski definition) is 2. The Morgan fingerprint density at radius 3 is 2.32 bits per heavy atom. The first kappa shape index (κ1) is 15.5. The molecule has 0 bridgehead atoms. The average molecular weight is 344 g/mol. The molecule has 0 heterocycles. The molecule has 0 aromatic heterocycles. The molecular formula is C21H16N2OS. The second-order valence-corrected chi connectivity index (χ2v) is 6.54. The van der Waals surface area contributed by atoms with Gasteiger partial charge in [-0.3, -0.25) is 4.79 Å². The fraction of sp³-hybridized carbons (Fsp3) is 0.0476. The van der Waals surface area contributed by atoms with Crippen molar-refractivity contribution in [3.63, 3.8) is 0 Å². The molecule has 0 unspecified atom stereocenters. The quantitative estimate of drug-likeness (QED) is 0.549. The van der Waals surface area contributed by atoms with Gasteiger partial charge in [-0.25, -0.2) is 0 Å². The molecule has 1 aliphatic carbocycles. The monoisotopic (exact) mass is 344 g/mol. The third kappa shape index (κ3) is 2.92. The summed E-state index contributed by atoms with van der Waals surface area (Å²) in [6.45, 7) is 0. The summed E-state index contributed by atoms with van der Waals surface area (Å²) in [6.07, 6.45) is 0.901. The van der Waals surface area contributed by atoms with Crippen molar-refractivity contribution in [3.8, 4) is 11.1 Å². The first-order chi connectivity index (χ1) is 12.1. The van der Waals surface area contributed by atoms with E-state index in [1.807, 2.05) is 6.07 Å². The highest BCUT2D eigenvalue weighted by Crippen LogP contribution is 2.37. The van der Waals surface area contributed by atoms with E-state index in [0.717, 1.165) is 17.7 Å². The zero-order valence-corrected chi connectivity index (χ0v) is 14.3. The van der Waals surface area contributed by atoms with Gasteiger partial charge < -0.3 is 11.1 Å². The zero-order chi connectivity index (χ0) is 17.4. The molecule has 0 saturated heterocycles. The Kier molecular flexibility index (Phi) is 3.82. The van der Waals surface area contributed by atoms with Gasteiger partial charge >= 0.3 is 0 Å². The van der Waals surface area contributed by atoms with Crippen LogP contribution in [-0.2, 0) is 6.42 Å². The number of amides is 1. The second-order valence-electron chi connectivity index (χ2n) is 6.10. The van der Waals surface area contributed by atoms with Gasteiger partial charge in [0, 0.05) is 16.8 Å². The first-order valence-corrected chi connectivity index (χ1v) is 8.45. The van der Waals surface area contributed by atoms with E-state index in [-0.39, 0.29) is 5.91 Å². The van der Waals surface area contributed by atoms with E-state index in [1.54, 1.807) is 24.3 Å². The van der Waals surface area contributed by atoms with Crippen LogP contribution < -0.4 is 11.1 Å². The Hall–Kier alpha value is -2.98. The van der Waals surface area contributed by atoms with Crippen LogP contribution in [0, 0.1) is 0 Å². The molecule has 3 aromatic carbocycles. The van der Waals surface area contributed by atoms with Crippen molar-refractivity contribution < 1.29 is 4.79 Å². The lowest BCUT2D eigenvalue weighted by Gasteiger charge is -2.08. The van der Waals surface area contributed by atoms with E-state index in [2.05, 4.69) is 41.7 Å². The maximum Gasteiger partial charge on any atom is 0.255 e. The number of nitrogens with two attached hydrogens (primary N) is 1. The predicted octanol–water partition coefficient (Wildman–Crippen LogP) is 4.14. The average Bonchev–Trinajstić information content (AvgIpc) is 2.99. The lowest BCUT2D eigenvalue weighted by atomic mass is 10.1. The van der Waals surface area contributed by atoms with Gasteiger partial charge in [-0.2, -0.15) is 0 Å². The molecule has 1 amide bonds. The SMILES string of the molecule is NC(=S)c1ccc(C(=O)Nc2ccc3c(c2)Cc2ccccc2-3)cc1. The van der Waals surface area contributed by atoms with Gasteiger partial charge in [0.25, 0.3) is 5.91 Å². The van der Waals surface area contributed by atoms with Crippen LogP contribution in [-0.4, -0.2) is 10.9 Å². The van der Waals surface area contributed by atoms with E-state index < -0.39 is 0 Å². The molecule has 4 heteroatoms. The molecule has 0 spiro atoms. The van der Waals surface area contributed by atoms with Crippen LogP contribution in [0.2, 0.25) is 0 Å². The normalized spacial score (nSPS) is 11.5. The Morgan fingerprint density at radius 1 is 0.880 bits per heavy atom. The van der Waals surface area contributed by atoms with Crippen LogP contribution in [0.1, 0.15) is 27.0 Å². The molecule has 0 radical (unpaired) electrons. The number of nitrogens with one attached hydrogen (secondary N) is 1. The number of thiocarbonyl (C=S) groups is 1. The summed E-state index contributed by atoms with van der Waals surface area (Å²) in [5.41, 5.74) is 12.8. The molecule has 3 aromatic rings. The van der Waals surface area contributed by atoms with Crippen LogP contribution in [0.3, 0.4) is 0 Å². The fourth-order valence-corrected chi connectivity index (χ4v) is 3.35. The minimum atomic E-state index is -0.148. The largest absolute Gasteiger partial charge is 0.389 e. The highest BCUT2D eigenvalue weighted by molar-refractivity contribution is 7.80. The zero-order valence-electron chi connectivity index (χ0n) is 13.5. The molecular weight excluding hydrogens is 328 g/mol. The van der Waals surface area contributed by atoms with Crippen molar-refractivity contribution in [1.29, 1.82) is 0 Å². The van der Waals surface area contributed by atoms with Crippen LogP contribution in [0.25, 0.3) is 11.1 Å².